The summed E-state index contributed by atoms with van der Waals surface area (Å²) in [6.07, 6.45) is 0. The van der Waals surface area contributed by atoms with Crippen LogP contribution in [-0.4, -0.2) is 16.0 Å². The zero-order valence-electron chi connectivity index (χ0n) is 15.0. The van der Waals surface area contributed by atoms with Crippen LogP contribution in [0, 0.1) is 0 Å². The number of hydrogen-bond donors (Lipinski definition) is 3. The Hall–Kier alpha value is -3.73. The van der Waals surface area contributed by atoms with Crippen LogP contribution < -0.4 is 10.1 Å². The molecule has 0 atom stereocenters. The lowest BCUT2D eigenvalue weighted by Crippen LogP contribution is -2.13. The summed E-state index contributed by atoms with van der Waals surface area (Å²) in [4.78, 5) is 15.6. The molecule has 3 aromatic carbocycles. The molecule has 0 unspecified atom stereocenters. The second kappa shape index (κ2) is 6.46. The monoisotopic (exact) mass is 370 g/mol. The lowest BCUT2D eigenvalue weighted by Gasteiger charge is -2.06. The lowest BCUT2D eigenvalue weighted by atomic mass is 10.00. The van der Waals surface area contributed by atoms with Crippen molar-refractivity contribution in [1.29, 1.82) is 0 Å². The van der Waals surface area contributed by atoms with Gasteiger partial charge < -0.3 is 20.1 Å². The summed E-state index contributed by atoms with van der Waals surface area (Å²) >= 11 is 0. The maximum Gasteiger partial charge on any atom is 0.252 e. The molecule has 0 saturated heterocycles. The van der Waals surface area contributed by atoms with Crippen molar-refractivity contribution in [2.24, 2.45) is 0 Å². The number of rotatable bonds is 4. The van der Waals surface area contributed by atoms with Gasteiger partial charge in [-0.2, -0.15) is 0 Å². The highest BCUT2D eigenvalue weighted by Crippen LogP contribution is 2.35. The molecule has 28 heavy (non-hydrogen) atoms. The van der Waals surface area contributed by atoms with Gasteiger partial charge in [0.15, 0.2) is 0 Å². The molecular weight excluding hydrogens is 352 g/mol. The number of phenols is 1. The smallest absolute Gasteiger partial charge is 0.252 e. The molecule has 5 rings (SSSR count). The van der Waals surface area contributed by atoms with Crippen molar-refractivity contribution in [3.8, 4) is 22.8 Å². The number of H-pyrrole nitrogens is 1. The van der Waals surface area contributed by atoms with Gasteiger partial charge in [0.05, 0.1) is 5.56 Å². The maximum atomic E-state index is 12.2. The molecule has 3 N–H and O–H groups in total. The number of aromatic amines is 1. The van der Waals surface area contributed by atoms with E-state index >= 15 is 0 Å². The highest BCUT2D eigenvalue weighted by Gasteiger charge is 2.25. The number of aromatic hydroxyl groups is 1. The lowest BCUT2D eigenvalue weighted by molar-refractivity contribution is 0.0966. The quantitative estimate of drug-likeness (QED) is 0.500. The minimum atomic E-state index is -0.115. The first-order valence-corrected chi connectivity index (χ1v) is 9.11. The average molecular weight is 370 g/mol. The summed E-state index contributed by atoms with van der Waals surface area (Å²) < 4.78 is 5.91. The summed E-state index contributed by atoms with van der Waals surface area (Å²) in [5.41, 5.74) is 4.97. The van der Waals surface area contributed by atoms with Crippen molar-refractivity contribution in [1.82, 2.24) is 10.3 Å². The molecule has 0 fully saturated rings. The third kappa shape index (κ3) is 2.87. The number of hydrogen-bond acceptors (Lipinski definition) is 3. The molecule has 5 nitrogen and oxygen atoms in total. The Bertz CT molecular complexity index is 1200. The summed E-state index contributed by atoms with van der Waals surface area (Å²) in [7, 11) is 0. The van der Waals surface area contributed by atoms with E-state index in [0.29, 0.717) is 24.3 Å². The Morgan fingerprint density at radius 3 is 2.71 bits per heavy atom. The second-order valence-corrected chi connectivity index (χ2v) is 6.92. The molecule has 0 aliphatic carbocycles. The van der Waals surface area contributed by atoms with Gasteiger partial charge in [0.25, 0.3) is 5.91 Å². The zero-order chi connectivity index (χ0) is 19.1. The van der Waals surface area contributed by atoms with Gasteiger partial charge in [0, 0.05) is 28.7 Å². The molecule has 0 saturated carbocycles. The highest BCUT2D eigenvalue weighted by atomic mass is 16.5. The second-order valence-electron chi connectivity index (χ2n) is 6.92. The predicted molar refractivity (Wildman–Crippen MR) is 107 cm³/mol. The third-order valence-corrected chi connectivity index (χ3v) is 5.00. The van der Waals surface area contributed by atoms with Crippen LogP contribution >= 0.6 is 0 Å². The number of carbonyl (C=O) groups excluding carboxylic acids is 1. The van der Waals surface area contributed by atoms with Crippen LogP contribution in [0.15, 0.2) is 66.7 Å². The third-order valence-electron chi connectivity index (χ3n) is 5.00. The van der Waals surface area contributed by atoms with Gasteiger partial charge in [-0.15, -0.1) is 0 Å². The topological polar surface area (TPSA) is 74.3 Å². The van der Waals surface area contributed by atoms with E-state index in [9.17, 15) is 9.90 Å². The van der Waals surface area contributed by atoms with Gasteiger partial charge in [-0.1, -0.05) is 30.3 Å². The molecule has 1 aliphatic rings. The Morgan fingerprint density at radius 2 is 1.86 bits per heavy atom. The van der Waals surface area contributed by atoms with Crippen molar-refractivity contribution >= 4 is 16.8 Å². The van der Waals surface area contributed by atoms with Crippen molar-refractivity contribution in [2.75, 3.05) is 0 Å². The van der Waals surface area contributed by atoms with Gasteiger partial charge >= 0.3 is 0 Å². The molecule has 5 heteroatoms. The van der Waals surface area contributed by atoms with Gasteiger partial charge in [-0.3, -0.25) is 4.79 Å². The van der Waals surface area contributed by atoms with Crippen LogP contribution in [0.3, 0.4) is 0 Å². The Kier molecular flexibility index (Phi) is 3.79. The minimum Gasteiger partial charge on any atom is -0.508 e. The van der Waals surface area contributed by atoms with Crippen molar-refractivity contribution in [2.45, 2.75) is 13.2 Å². The zero-order valence-corrected chi connectivity index (χ0v) is 15.0. The maximum absolute atomic E-state index is 12.2. The Balaban J connectivity index is 1.49. The molecule has 138 valence electrons. The van der Waals surface area contributed by atoms with E-state index in [1.54, 1.807) is 12.1 Å². The number of nitrogens with one attached hydrogen (secondary N) is 2. The molecule has 0 radical (unpaired) electrons. The molecule has 2 heterocycles. The SMILES string of the molecule is O=C1NCc2cc(O)cc(-c3cc4cc(OCc5ccccc5)ccc4[nH]3)c21. The van der Waals surface area contributed by atoms with Crippen LogP contribution in [0.2, 0.25) is 0 Å². The van der Waals surface area contributed by atoms with Gasteiger partial charge in [0.2, 0.25) is 0 Å². The van der Waals surface area contributed by atoms with E-state index in [4.69, 9.17) is 4.74 Å². The molecule has 1 aliphatic heterocycles. The van der Waals surface area contributed by atoms with Crippen molar-refractivity contribution in [3.05, 3.63) is 83.4 Å². The molecular formula is C23H18N2O3. The van der Waals surface area contributed by atoms with Crippen LogP contribution in [-0.2, 0) is 13.2 Å². The van der Waals surface area contributed by atoms with Crippen molar-refractivity contribution < 1.29 is 14.6 Å². The number of phenolic OH excluding ortho intramolecular Hbond substituents is 1. The molecule has 4 aromatic rings. The fourth-order valence-corrected chi connectivity index (χ4v) is 3.66. The standard InChI is InChI=1S/C23H18N2O3/c26-17-8-16-12-24-23(27)22(16)19(11-17)21-10-15-9-18(6-7-20(15)25-21)28-13-14-4-2-1-3-5-14/h1-11,25-26H,12-13H2,(H,24,27). The van der Waals surface area contributed by atoms with Gasteiger partial charge in [0.1, 0.15) is 18.1 Å². The summed E-state index contributed by atoms with van der Waals surface area (Å²) in [5, 5.41) is 13.8. The molecule has 1 aromatic heterocycles. The first-order chi connectivity index (χ1) is 13.7. The number of benzene rings is 3. The first kappa shape index (κ1) is 16.4. The number of ether oxygens (including phenoxy) is 1. The van der Waals surface area contributed by atoms with Gasteiger partial charge in [-0.05, 0) is 47.5 Å². The minimum absolute atomic E-state index is 0.115. The fourth-order valence-electron chi connectivity index (χ4n) is 3.66. The number of carbonyl (C=O) groups is 1. The molecule has 1 amide bonds. The number of amides is 1. The van der Waals surface area contributed by atoms with E-state index < -0.39 is 0 Å². The van der Waals surface area contributed by atoms with E-state index in [1.807, 2.05) is 54.6 Å². The highest BCUT2D eigenvalue weighted by molar-refractivity contribution is 6.05. The van der Waals surface area contributed by atoms with E-state index in [1.165, 1.54) is 0 Å². The first-order valence-electron chi connectivity index (χ1n) is 9.11. The van der Waals surface area contributed by atoms with Crippen LogP contribution in [0.1, 0.15) is 21.5 Å². The molecule has 0 spiro atoms. The van der Waals surface area contributed by atoms with Crippen LogP contribution in [0.5, 0.6) is 11.5 Å². The Morgan fingerprint density at radius 1 is 1.00 bits per heavy atom. The van der Waals surface area contributed by atoms with Crippen LogP contribution in [0.4, 0.5) is 0 Å². The summed E-state index contributed by atoms with van der Waals surface area (Å²) in [6.45, 7) is 0.942. The van der Waals surface area contributed by atoms with E-state index in [2.05, 4.69) is 10.3 Å². The molecule has 0 bridgehead atoms. The Labute approximate surface area is 161 Å². The summed E-state index contributed by atoms with van der Waals surface area (Å²) in [5.74, 6) is 0.812. The van der Waals surface area contributed by atoms with Gasteiger partial charge in [-0.25, -0.2) is 0 Å². The number of aromatic nitrogens is 1. The number of fused-ring (bicyclic) bond motifs is 2. The average Bonchev–Trinajstić information content (AvgIpc) is 3.30. The van der Waals surface area contributed by atoms with Crippen LogP contribution in [0.25, 0.3) is 22.2 Å². The normalized spacial score (nSPS) is 12.8. The largest absolute Gasteiger partial charge is 0.508 e. The van der Waals surface area contributed by atoms with Crippen molar-refractivity contribution in [3.63, 3.8) is 0 Å². The summed E-state index contributed by atoms with van der Waals surface area (Å²) in [6, 6.07) is 21.1. The fraction of sp³-hybridized carbons (Fsp3) is 0.0870. The predicted octanol–water partition coefficient (Wildman–Crippen LogP) is 4.36. The van der Waals surface area contributed by atoms with E-state index in [-0.39, 0.29) is 11.7 Å². The van der Waals surface area contributed by atoms with E-state index in [0.717, 1.165) is 33.5 Å².